The molecule has 3 nitrogen and oxygen atoms in total. The van der Waals surface area contributed by atoms with Crippen molar-refractivity contribution in [2.75, 3.05) is 12.9 Å². The summed E-state index contributed by atoms with van der Waals surface area (Å²) < 4.78 is 0. The Morgan fingerprint density at radius 2 is 2.06 bits per heavy atom. The van der Waals surface area contributed by atoms with E-state index >= 15 is 0 Å². The van der Waals surface area contributed by atoms with Crippen LogP contribution in [-0.4, -0.2) is 33.7 Å². The van der Waals surface area contributed by atoms with Gasteiger partial charge in [0.05, 0.1) is 16.6 Å². The van der Waals surface area contributed by atoms with Crippen LogP contribution in [0.15, 0.2) is 46.5 Å². The third-order valence-corrected chi connectivity index (χ3v) is 4.21. The second-order valence-corrected chi connectivity index (χ2v) is 5.17. The Balaban J connectivity index is 2.04. The zero-order valence-electron chi connectivity index (χ0n) is 9.33. The molecule has 1 fully saturated rings. The van der Waals surface area contributed by atoms with E-state index in [2.05, 4.69) is 28.2 Å². The summed E-state index contributed by atoms with van der Waals surface area (Å²) in [6.45, 7) is 0. The van der Waals surface area contributed by atoms with Crippen LogP contribution >= 0.6 is 24.0 Å². The van der Waals surface area contributed by atoms with Gasteiger partial charge in [-0.25, -0.2) is 5.01 Å². The molecule has 0 N–H and O–H groups in total. The number of thiocarbonyl (C=S) groups is 1. The van der Waals surface area contributed by atoms with E-state index in [0.717, 1.165) is 22.3 Å². The fourth-order valence-electron chi connectivity index (χ4n) is 1.75. The van der Waals surface area contributed by atoms with Gasteiger partial charge in [0, 0.05) is 12.6 Å². The maximum Gasteiger partial charge on any atom is 0.197 e. The number of allylic oxidation sites excluding steroid dienone is 1. The highest BCUT2D eigenvalue weighted by Gasteiger charge is 2.29. The first-order chi connectivity index (χ1) is 8.25. The van der Waals surface area contributed by atoms with Gasteiger partial charge >= 0.3 is 0 Å². The molecule has 2 heterocycles. The largest absolute Gasteiger partial charge is 0.301 e. The van der Waals surface area contributed by atoms with Crippen molar-refractivity contribution in [3.63, 3.8) is 0 Å². The molecule has 0 bridgehead atoms. The number of benzene rings is 1. The predicted octanol–water partition coefficient (Wildman–Crippen LogP) is 2.47. The maximum absolute atomic E-state index is 5.36. The molecule has 2 aliphatic heterocycles. The van der Waals surface area contributed by atoms with Crippen LogP contribution in [0.25, 0.3) is 0 Å². The van der Waals surface area contributed by atoms with Crippen LogP contribution in [-0.2, 0) is 0 Å². The van der Waals surface area contributed by atoms with Gasteiger partial charge in [-0.1, -0.05) is 42.1 Å². The molecule has 0 unspecified atom stereocenters. The summed E-state index contributed by atoms with van der Waals surface area (Å²) in [6.07, 6.45) is 2.10. The quantitative estimate of drug-likeness (QED) is 0.723. The summed E-state index contributed by atoms with van der Waals surface area (Å²) >= 11 is 7.16. The van der Waals surface area contributed by atoms with Gasteiger partial charge in [0.2, 0.25) is 0 Å². The van der Waals surface area contributed by atoms with E-state index in [1.165, 1.54) is 5.03 Å². The van der Waals surface area contributed by atoms with Gasteiger partial charge in [-0.2, -0.15) is 5.10 Å². The first kappa shape index (κ1) is 10.8. The summed E-state index contributed by atoms with van der Waals surface area (Å²) in [7, 11) is 1.89. The minimum absolute atomic E-state index is 0.765. The summed E-state index contributed by atoms with van der Waals surface area (Å²) in [5, 5.41) is 8.26. The Hall–Kier alpha value is -1.33. The lowest BCUT2D eigenvalue weighted by molar-refractivity contribution is 0.464. The maximum atomic E-state index is 5.36. The number of thioether (sulfide) groups is 1. The smallest absolute Gasteiger partial charge is 0.197 e. The summed E-state index contributed by atoms with van der Waals surface area (Å²) in [5.41, 5.74) is 2.07. The molecule has 2 aliphatic rings. The van der Waals surface area contributed by atoms with Crippen molar-refractivity contribution in [2.24, 2.45) is 5.10 Å². The first-order valence-corrected chi connectivity index (χ1v) is 6.69. The molecule has 17 heavy (non-hydrogen) atoms. The van der Waals surface area contributed by atoms with Crippen LogP contribution in [0.5, 0.6) is 0 Å². The van der Waals surface area contributed by atoms with Gasteiger partial charge in [0.15, 0.2) is 5.11 Å². The molecule has 1 aromatic rings. The van der Waals surface area contributed by atoms with E-state index in [1.807, 2.05) is 25.2 Å². The Morgan fingerprint density at radius 3 is 2.71 bits per heavy atom. The van der Waals surface area contributed by atoms with Crippen LogP contribution in [0.1, 0.15) is 5.56 Å². The molecule has 3 rings (SSSR count). The average molecular weight is 261 g/mol. The molecule has 0 aromatic heterocycles. The van der Waals surface area contributed by atoms with Crippen LogP contribution in [0.2, 0.25) is 0 Å². The third kappa shape index (κ3) is 1.85. The molecular weight excluding hydrogens is 250 g/mol. The van der Waals surface area contributed by atoms with Gasteiger partial charge in [-0.05, 0) is 18.3 Å². The van der Waals surface area contributed by atoms with Gasteiger partial charge in [0.1, 0.15) is 0 Å². The zero-order chi connectivity index (χ0) is 11.8. The Bertz CT molecular complexity index is 522. The van der Waals surface area contributed by atoms with E-state index in [0.29, 0.717) is 0 Å². The Kier molecular flexibility index (Phi) is 2.64. The minimum Gasteiger partial charge on any atom is -0.301 e. The molecule has 0 atom stereocenters. The molecule has 0 saturated carbocycles. The van der Waals surface area contributed by atoms with E-state index < -0.39 is 0 Å². The first-order valence-electron chi connectivity index (χ1n) is 5.29. The van der Waals surface area contributed by atoms with E-state index in [9.17, 15) is 0 Å². The lowest BCUT2D eigenvalue weighted by atomic mass is 10.1. The fourth-order valence-corrected chi connectivity index (χ4v) is 2.90. The summed E-state index contributed by atoms with van der Waals surface area (Å²) in [4.78, 5) is 2.10. The highest BCUT2D eigenvalue weighted by atomic mass is 32.2. The lowest BCUT2D eigenvalue weighted by Crippen LogP contribution is -2.41. The number of hydrogen-bond donors (Lipinski definition) is 0. The van der Waals surface area contributed by atoms with E-state index in [1.54, 1.807) is 16.8 Å². The van der Waals surface area contributed by atoms with Crippen molar-refractivity contribution >= 4 is 34.8 Å². The average Bonchev–Trinajstić information content (AvgIpc) is 2.40. The number of rotatable bonds is 1. The predicted molar refractivity (Wildman–Crippen MR) is 75.7 cm³/mol. The Labute approximate surface area is 110 Å². The molecule has 0 amide bonds. The summed E-state index contributed by atoms with van der Waals surface area (Å²) in [6, 6.07) is 10.2. The van der Waals surface area contributed by atoms with Crippen molar-refractivity contribution in [2.45, 2.75) is 0 Å². The zero-order valence-corrected chi connectivity index (χ0v) is 11.0. The fraction of sp³-hybridized carbons (Fsp3) is 0.167. The highest BCUT2D eigenvalue weighted by Crippen LogP contribution is 2.35. The van der Waals surface area contributed by atoms with Crippen molar-refractivity contribution in [1.29, 1.82) is 0 Å². The van der Waals surface area contributed by atoms with Gasteiger partial charge in [-0.15, -0.1) is 0 Å². The molecule has 5 heteroatoms. The Morgan fingerprint density at radius 1 is 1.29 bits per heavy atom. The van der Waals surface area contributed by atoms with Gasteiger partial charge in [0.25, 0.3) is 0 Å². The van der Waals surface area contributed by atoms with E-state index in [4.69, 9.17) is 12.2 Å². The van der Waals surface area contributed by atoms with Crippen molar-refractivity contribution in [1.82, 2.24) is 9.91 Å². The monoisotopic (exact) mass is 261 g/mol. The molecule has 0 radical (unpaired) electrons. The van der Waals surface area contributed by atoms with Crippen LogP contribution < -0.4 is 0 Å². The number of hydrogen-bond acceptors (Lipinski definition) is 3. The lowest BCUT2D eigenvalue weighted by Gasteiger charge is -2.35. The normalized spacial score (nSPS) is 19.0. The minimum atomic E-state index is 0.765. The summed E-state index contributed by atoms with van der Waals surface area (Å²) in [5.74, 6) is 0.923. The molecule has 0 spiro atoms. The number of nitrogens with zero attached hydrogens (tertiary/aromatic N) is 3. The topological polar surface area (TPSA) is 18.8 Å². The molecular formula is C12H11N3S2. The van der Waals surface area contributed by atoms with Crippen LogP contribution in [0, 0.1) is 0 Å². The standard InChI is InChI=1S/C12H11N3S2/c1-14-12(16)15-8-17-11(15)7-10(13-14)9-5-3-2-4-6-9/h2-7H,8H2,1H3. The van der Waals surface area contributed by atoms with Crippen molar-refractivity contribution in [3.8, 4) is 0 Å². The second-order valence-electron chi connectivity index (χ2n) is 3.84. The van der Waals surface area contributed by atoms with Crippen molar-refractivity contribution < 1.29 is 0 Å². The molecule has 0 aliphatic carbocycles. The number of fused-ring (bicyclic) bond motifs is 1. The highest BCUT2D eigenvalue weighted by molar-refractivity contribution is 8.04. The number of hydrazone groups is 1. The van der Waals surface area contributed by atoms with Crippen LogP contribution in [0.3, 0.4) is 0 Å². The van der Waals surface area contributed by atoms with E-state index in [-0.39, 0.29) is 0 Å². The SMILES string of the molecule is CN1N=C(c2ccccc2)C=C2SCN2C1=S. The molecule has 1 aromatic carbocycles. The van der Waals surface area contributed by atoms with Crippen molar-refractivity contribution in [3.05, 3.63) is 47.0 Å². The van der Waals surface area contributed by atoms with Gasteiger partial charge in [-0.3, -0.25) is 0 Å². The third-order valence-electron chi connectivity index (χ3n) is 2.70. The second kappa shape index (κ2) is 4.16. The molecule has 1 saturated heterocycles. The molecule has 86 valence electrons. The van der Waals surface area contributed by atoms with Gasteiger partial charge < -0.3 is 4.90 Å². The van der Waals surface area contributed by atoms with Crippen LogP contribution in [0.4, 0.5) is 0 Å².